The van der Waals surface area contributed by atoms with Crippen LogP contribution in [0.5, 0.6) is 5.75 Å². The molecule has 1 atom stereocenters. The Morgan fingerprint density at radius 2 is 1.87 bits per heavy atom. The molecule has 7 heteroatoms. The lowest BCUT2D eigenvalue weighted by Crippen LogP contribution is -2.40. The number of rotatable bonds is 8. The van der Waals surface area contributed by atoms with Gasteiger partial charge in [-0.25, -0.2) is 4.39 Å². The fraction of sp³-hybridized carbons (Fsp3) is 0.250. The third-order valence-corrected chi connectivity index (χ3v) is 6.97. The summed E-state index contributed by atoms with van der Waals surface area (Å²) in [5, 5.41) is 2.73. The van der Waals surface area contributed by atoms with Crippen LogP contribution >= 0.6 is 0 Å². The van der Waals surface area contributed by atoms with Crippen molar-refractivity contribution in [3.63, 3.8) is 0 Å². The Bertz CT molecular complexity index is 1480. The van der Waals surface area contributed by atoms with Gasteiger partial charge in [0.15, 0.2) is 5.76 Å². The van der Waals surface area contributed by atoms with Crippen molar-refractivity contribution in [2.45, 2.75) is 45.9 Å². The first-order valence-electron chi connectivity index (χ1n) is 13.1. The first kappa shape index (κ1) is 26.2. The van der Waals surface area contributed by atoms with Crippen molar-refractivity contribution in [2.24, 2.45) is 0 Å². The van der Waals surface area contributed by atoms with Crippen molar-refractivity contribution in [3.05, 3.63) is 124 Å². The maximum atomic E-state index is 13.4. The fourth-order valence-corrected chi connectivity index (χ4v) is 4.91. The number of nitrogens with one attached hydrogen (secondary N) is 1. The Labute approximate surface area is 227 Å². The van der Waals surface area contributed by atoms with Gasteiger partial charge < -0.3 is 19.4 Å². The molecular formula is C32H31FN2O4. The number of carbonyl (C=O) groups is 2. The molecule has 3 aromatic carbocycles. The van der Waals surface area contributed by atoms with Crippen LogP contribution in [0.3, 0.4) is 0 Å². The standard InChI is InChI=1S/C32H31FN2O4/c1-3-30(36)35-16-15-23-11-12-26(18-28(23)31(35)24-9-7-21(2)8-10-24)38-20-27-13-14-29(39-27)32(37)34-19-22-5-4-6-25(33)17-22/h4-14,17-18,31H,3,15-16,19-20H2,1-2H3,(H,34,37)/t31-/m1/s1. The lowest BCUT2D eigenvalue weighted by molar-refractivity contribution is -0.132. The van der Waals surface area contributed by atoms with Gasteiger partial charge in [-0.3, -0.25) is 9.59 Å². The number of aryl methyl sites for hydroxylation is 1. The Balaban J connectivity index is 1.29. The van der Waals surface area contributed by atoms with Crippen molar-refractivity contribution in [2.75, 3.05) is 6.54 Å². The predicted molar refractivity (Wildman–Crippen MR) is 146 cm³/mol. The summed E-state index contributed by atoms with van der Waals surface area (Å²) in [5.41, 5.74) is 5.15. The Morgan fingerprint density at radius 3 is 2.64 bits per heavy atom. The molecule has 0 spiro atoms. The summed E-state index contributed by atoms with van der Waals surface area (Å²) in [7, 11) is 0. The van der Waals surface area contributed by atoms with E-state index in [0.717, 1.165) is 17.5 Å². The molecule has 2 amide bonds. The van der Waals surface area contributed by atoms with E-state index in [1.165, 1.54) is 23.3 Å². The fourth-order valence-electron chi connectivity index (χ4n) is 4.91. The summed E-state index contributed by atoms with van der Waals surface area (Å²) in [4.78, 5) is 27.3. The molecule has 200 valence electrons. The second kappa shape index (κ2) is 11.6. The largest absolute Gasteiger partial charge is 0.486 e. The second-order valence-corrected chi connectivity index (χ2v) is 9.73. The smallest absolute Gasteiger partial charge is 0.287 e. The van der Waals surface area contributed by atoms with E-state index in [0.29, 0.717) is 30.0 Å². The van der Waals surface area contributed by atoms with Crippen LogP contribution in [0.1, 0.15) is 63.5 Å². The molecule has 1 N–H and O–H groups in total. The minimum Gasteiger partial charge on any atom is -0.486 e. The van der Waals surface area contributed by atoms with Crippen molar-refractivity contribution in [1.29, 1.82) is 0 Å². The Kier molecular flexibility index (Phi) is 7.77. The quantitative estimate of drug-likeness (QED) is 0.300. The van der Waals surface area contributed by atoms with Gasteiger partial charge in [0.05, 0.1) is 6.04 Å². The Hall–Kier alpha value is -4.39. The molecule has 0 saturated carbocycles. The number of halogens is 1. The zero-order valence-electron chi connectivity index (χ0n) is 22.1. The highest BCUT2D eigenvalue weighted by Crippen LogP contribution is 2.37. The summed E-state index contributed by atoms with van der Waals surface area (Å²) in [6.45, 7) is 4.95. The third-order valence-electron chi connectivity index (χ3n) is 6.97. The van der Waals surface area contributed by atoms with Gasteiger partial charge in [0, 0.05) is 19.5 Å². The van der Waals surface area contributed by atoms with E-state index >= 15 is 0 Å². The maximum absolute atomic E-state index is 13.4. The zero-order chi connectivity index (χ0) is 27.4. The number of fused-ring (bicyclic) bond motifs is 1. The predicted octanol–water partition coefficient (Wildman–Crippen LogP) is 6.12. The second-order valence-electron chi connectivity index (χ2n) is 9.73. The molecule has 0 radical (unpaired) electrons. The van der Waals surface area contributed by atoms with Gasteiger partial charge in [0.1, 0.15) is 23.9 Å². The molecule has 0 aliphatic carbocycles. The van der Waals surface area contributed by atoms with E-state index < -0.39 is 0 Å². The van der Waals surface area contributed by atoms with Crippen molar-refractivity contribution in [3.8, 4) is 5.75 Å². The van der Waals surface area contributed by atoms with Crippen LogP contribution in [0.15, 0.2) is 83.3 Å². The molecule has 0 bridgehead atoms. The van der Waals surface area contributed by atoms with E-state index in [2.05, 4.69) is 35.6 Å². The number of hydrogen-bond donors (Lipinski definition) is 1. The number of nitrogens with zero attached hydrogens (tertiary/aromatic N) is 1. The molecule has 2 heterocycles. The summed E-state index contributed by atoms with van der Waals surface area (Å²) < 4.78 is 25.1. The van der Waals surface area contributed by atoms with Crippen LogP contribution in [0.2, 0.25) is 0 Å². The highest BCUT2D eigenvalue weighted by molar-refractivity contribution is 5.91. The number of carbonyl (C=O) groups excluding carboxylic acids is 2. The molecule has 4 aromatic rings. The average Bonchev–Trinajstić information content (AvgIpc) is 3.43. The molecule has 39 heavy (non-hydrogen) atoms. The van der Waals surface area contributed by atoms with Crippen LogP contribution in [0.4, 0.5) is 4.39 Å². The number of benzene rings is 3. The molecule has 0 fully saturated rings. The summed E-state index contributed by atoms with van der Waals surface area (Å²) in [5.74, 6) is 0.698. The van der Waals surface area contributed by atoms with E-state index in [1.807, 2.05) is 30.9 Å². The van der Waals surface area contributed by atoms with E-state index in [1.54, 1.807) is 24.3 Å². The first-order chi connectivity index (χ1) is 18.9. The van der Waals surface area contributed by atoms with Gasteiger partial charge in [0.25, 0.3) is 5.91 Å². The zero-order valence-corrected chi connectivity index (χ0v) is 22.1. The molecule has 1 aliphatic heterocycles. The number of hydrogen-bond acceptors (Lipinski definition) is 4. The van der Waals surface area contributed by atoms with Crippen LogP contribution in [-0.2, 0) is 24.4 Å². The van der Waals surface area contributed by atoms with Crippen LogP contribution in [-0.4, -0.2) is 23.3 Å². The molecule has 1 aromatic heterocycles. The van der Waals surface area contributed by atoms with Gasteiger partial charge in [-0.05, 0) is 72.0 Å². The molecule has 1 aliphatic rings. The van der Waals surface area contributed by atoms with Gasteiger partial charge in [0.2, 0.25) is 5.91 Å². The van der Waals surface area contributed by atoms with Gasteiger partial charge >= 0.3 is 0 Å². The van der Waals surface area contributed by atoms with Crippen LogP contribution in [0.25, 0.3) is 0 Å². The van der Waals surface area contributed by atoms with E-state index in [4.69, 9.17) is 9.15 Å². The van der Waals surface area contributed by atoms with Gasteiger partial charge in [-0.2, -0.15) is 0 Å². The molecule has 5 rings (SSSR count). The third kappa shape index (κ3) is 6.03. The minimum atomic E-state index is -0.388. The first-order valence-corrected chi connectivity index (χ1v) is 13.1. The summed E-state index contributed by atoms with van der Waals surface area (Å²) in [6, 6.07) is 23.5. The molecule has 6 nitrogen and oxygen atoms in total. The van der Waals surface area contributed by atoms with Crippen molar-refractivity contribution in [1.82, 2.24) is 10.2 Å². The molecule has 0 unspecified atom stereocenters. The normalized spacial score (nSPS) is 14.5. The van der Waals surface area contributed by atoms with Gasteiger partial charge in [-0.15, -0.1) is 0 Å². The van der Waals surface area contributed by atoms with Crippen molar-refractivity contribution < 1.29 is 23.1 Å². The topological polar surface area (TPSA) is 71.8 Å². The average molecular weight is 527 g/mol. The molecular weight excluding hydrogens is 495 g/mol. The van der Waals surface area contributed by atoms with E-state index in [-0.39, 0.29) is 42.6 Å². The lowest BCUT2D eigenvalue weighted by atomic mass is 9.87. The maximum Gasteiger partial charge on any atom is 0.287 e. The van der Waals surface area contributed by atoms with E-state index in [9.17, 15) is 14.0 Å². The highest BCUT2D eigenvalue weighted by atomic mass is 19.1. The van der Waals surface area contributed by atoms with Crippen LogP contribution < -0.4 is 10.1 Å². The molecule has 0 saturated heterocycles. The van der Waals surface area contributed by atoms with Gasteiger partial charge in [-0.1, -0.05) is 55.0 Å². The van der Waals surface area contributed by atoms with Crippen LogP contribution in [0, 0.1) is 12.7 Å². The minimum absolute atomic E-state index is 0.122. The SMILES string of the molecule is CCC(=O)N1CCc2ccc(OCc3ccc(C(=O)NCc4cccc(F)c4)o3)cc2[C@H]1c1ccc(C)cc1. The summed E-state index contributed by atoms with van der Waals surface area (Å²) in [6.07, 6.45) is 1.24. The lowest BCUT2D eigenvalue weighted by Gasteiger charge is -2.38. The summed E-state index contributed by atoms with van der Waals surface area (Å²) >= 11 is 0. The van der Waals surface area contributed by atoms with Crippen molar-refractivity contribution >= 4 is 11.8 Å². The number of furan rings is 1. The monoisotopic (exact) mass is 526 g/mol. The Morgan fingerprint density at radius 1 is 1.05 bits per heavy atom. The number of ether oxygens (including phenoxy) is 1. The highest BCUT2D eigenvalue weighted by Gasteiger charge is 2.31. The number of amides is 2.